The fraction of sp³-hybridized carbons (Fsp3) is 0.278. The van der Waals surface area contributed by atoms with Gasteiger partial charge in [0.05, 0.1) is 19.3 Å². The first kappa shape index (κ1) is 15.4. The normalized spacial score (nSPS) is 15.4. The van der Waals surface area contributed by atoms with E-state index in [1.54, 1.807) is 16.8 Å². The molecule has 1 aliphatic rings. The molecule has 25 heavy (non-hydrogen) atoms. The summed E-state index contributed by atoms with van der Waals surface area (Å²) in [6.07, 6.45) is 5.39. The van der Waals surface area contributed by atoms with Crippen LogP contribution in [0.1, 0.15) is 12.8 Å². The van der Waals surface area contributed by atoms with Crippen LogP contribution in [0.15, 0.2) is 42.7 Å². The van der Waals surface area contributed by atoms with Crippen molar-refractivity contribution < 1.29 is 9.53 Å². The number of ether oxygens (including phenoxy) is 1. The van der Waals surface area contributed by atoms with Crippen LogP contribution >= 0.6 is 0 Å². The SMILES string of the molecule is O=C1CNc2ccn3ncc(c3n2)-c2cccc(c2)OCCCCN1. The van der Waals surface area contributed by atoms with Gasteiger partial charge in [-0.2, -0.15) is 5.10 Å². The van der Waals surface area contributed by atoms with E-state index in [1.807, 2.05) is 30.5 Å². The lowest BCUT2D eigenvalue weighted by molar-refractivity contribution is -0.119. The number of hydrogen-bond donors (Lipinski definition) is 2. The molecule has 0 aliphatic carbocycles. The van der Waals surface area contributed by atoms with Crippen LogP contribution < -0.4 is 15.4 Å². The van der Waals surface area contributed by atoms with Crippen LogP contribution in [0.2, 0.25) is 0 Å². The summed E-state index contributed by atoms with van der Waals surface area (Å²) in [5.41, 5.74) is 2.65. The van der Waals surface area contributed by atoms with Crippen molar-refractivity contribution in [2.45, 2.75) is 12.8 Å². The zero-order chi connectivity index (χ0) is 17.1. The van der Waals surface area contributed by atoms with Gasteiger partial charge in [0.25, 0.3) is 0 Å². The van der Waals surface area contributed by atoms with E-state index in [4.69, 9.17) is 4.74 Å². The molecule has 7 heteroatoms. The summed E-state index contributed by atoms with van der Waals surface area (Å²) in [4.78, 5) is 16.5. The zero-order valence-corrected chi connectivity index (χ0v) is 13.7. The van der Waals surface area contributed by atoms with E-state index in [9.17, 15) is 4.79 Å². The van der Waals surface area contributed by atoms with Gasteiger partial charge in [0, 0.05) is 18.3 Å². The molecular formula is C18H19N5O2. The summed E-state index contributed by atoms with van der Waals surface area (Å²) in [5, 5.41) is 10.3. The van der Waals surface area contributed by atoms with E-state index >= 15 is 0 Å². The standard InChI is InChI=1S/C18H19N5O2/c24-17-12-20-16-6-8-23-18(22-16)15(11-21-23)13-4-3-5-14(10-13)25-9-2-1-7-19-17/h3-6,8,10-11H,1-2,7,9,12H2,(H,19,24)(H,20,22). The second-order valence-corrected chi connectivity index (χ2v) is 5.93. The second-order valence-electron chi connectivity index (χ2n) is 5.93. The Hall–Kier alpha value is -3.09. The van der Waals surface area contributed by atoms with Gasteiger partial charge in [0.15, 0.2) is 5.65 Å². The maximum absolute atomic E-state index is 11.9. The summed E-state index contributed by atoms with van der Waals surface area (Å²) in [6.45, 7) is 1.45. The van der Waals surface area contributed by atoms with Crippen molar-refractivity contribution in [3.63, 3.8) is 0 Å². The molecule has 0 unspecified atom stereocenters. The molecule has 0 saturated carbocycles. The highest BCUT2D eigenvalue weighted by Gasteiger charge is 2.11. The Balaban J connectivity index is 1.74. The first-order chi connectivity index (χ1) is 12.3. The summed E-state index contributed by atoms with van der Waals surface area (Å²) < 4.78 is 7.55. The Labute approximate surface area is 145 Å². The molecule has 1 aromatic carbocycles. The third kappa shape index (κ3) is 3.40. The molecule has 4 rings (SSSR count). The molecule has 7 nitrogen and oxygen atoms in total. The molecular weight excluding hydrogens is 318 g/mol. The quantitative estimate of drug-likeness (QED) is 0.657. The Kier molecular flexibility index (Phi) is 4.20. The molecule has 1 aliphatic heterocycles. The Morgan fingerprint density at radius 2 is 2.12 bits per heavy atom. The number of carbonyl (C=O) groups excluding carboxylic acids is 1. The number of nitrogens with zero attached hydrogens (tertiary/aromatic N) is 3. The van der Waals surface area contributed by atoms with Gasteiger partial charge < -0.3 is 15.4 Å². The van der Waals surface area contributed by atoms with Crippen molar-refractivity contribution in [2.75, 3.05) is 25.0 Å². The van der Waals surface area contributed by atoms with Crippen molar-refractivity contribution in [1.82, 2.24) is 19.9 Å². The lowest BCUT2D eigenvalue weighted by Gasteiger charge is -2.10. The molecule has 2 aromatic heterocycles. The maximum atomic E-state index is 11.9. The fourth-order valence-electron chi connectivity index (χ4n) is 2.80. The van der Waals surface area contributed by atoms with Gasteiger partial charge >= 0.3 is 0 Å². The van der Waals surface area contributed by atoms with Gasteiger partial charge in [-0.1, -0.05) is 12.1 Å². The number of amides is 1. The monoisotopic (exact) mass is 337 g/mol. The molecule has 0 fully saturated rings. The largest absolute Gasteiger partial charge is 0.494 e. The molecule has 3 heterocycles. The average Bonchev–Trinajstić information content (AvgIpc) is 3.05. The van der Waals surface area contributed by atoms with E-state index in [0.717, 1.165) is 35.4 Å². The summed E-state index contributed by atoms with van der Waals surface area (Å²) in [5.74, 6) is 1.42. The summed E-state index contributed by atoms with van der Waals surface area (Å²) in [6, 6.07) is 9.74. The maximum Gasteiger partial charge on any atom is 0.239 e. The first-order valence-corrected chi connectivity index (χ1v) is 8.38. The van der Waals surface area contributed by atoms with Gasteiger partial charge in [-0.3, -0.25) is 4.79 Å². The van der Waals surface area contributed by atoms with Crippen molar-refractivity contribution >= 4 is 17.4 Å². The minimum absolute atomic E-state index is 0.0476. The zero-order valence-electron chi connectivity index (χ0n) is 13.7. The first-order valence-electron chi connectivity index (χ1n) is 8.38. The number of fused-ring (bicyclic) bond motifs is 4. The number of benzene rings is 1. The molecule has 0 saturated heterocycles. The molecule has 3 aromatic rings. The molecule has 128 valence electrons. The summed E-state index contributed by atoms with van der Waals surface area (Å²) >= 11 is 0. The van der Waals surface area contributed by atoms with Crippen LogP contribution in [0.25, 0.3) is 16.8 Å². The van der Waals surface area contributed by atoms with Gasteiger partial charge in [0.1, 0.15) is 11.6 Å². The van der Waals surface area contributed by atoms with Gasteiger partial charge in [0.2, 0.25) is 5.91 Å². The number of anilines is 1. The summed E-state index contributed by atoms with van der Waals surface area (Å²) in [7, 11) is 0. The van der Waals surface area contributed by atoms with Crippen molar-refractivity contribution in [2.24, 2.45) is 0 Å². The highest BCUT2D eigenvalue weighted by molar-refractivity contribution is 5.81. The fourth-order valence-corrected chi connectivity index (χ4v) is 2.80. The molecule has 4 bridgehead atoms. The lowest BCUT2D eigenvalue weighted by Crippen LogP contribution is -2.31. The van der Waals surface area contributed by atoms with Gasteiger partial charge in [-0.05, 0) is 36.6 Å². The molecule has 2 N–H and O–H groups in total. The predicted molar refractivity (Wildman–Crippen MR) is 94.7 cm³/mol. The smallest absolute Gasteiger partial charge is 0.239 e. The topological polar surface area (TPSA) is 80.6 Å². The van der Waals surface area contributed by atoms with Gasteiger partial charge in [-0.15, -0.1) is 0 Å². The third-order valence-electron chi connectivity index (χ3n) is 4.11. The molecule has 0 spiro atoms. The number of rotatable bonds is 0. The van der Waals surface area contributed by atoms with E-state index in [1.165, 1.54) is 0 Å². The lowest BCUT2D eigenvalue weighted by atomic mass is 10.1. The highest BCUT2D eigenvalue weighted by atomic mass is 16.5. The minimum Gasteiger partial charge on any atom is -0.494 e. The van der Waals surface area contributed by atoms with E-state index < -0.39 is 0 Å². The molecule has 1 amide bonds. The van der Waals surface area contributed by atoms with Crippen molar-refractivity contribution in [3.8, 4) is 16.9 Å². The number of hydrogen-bond acceptors (Lipinski definition) is 5. The van der Waals surface area contributed by atoms with Crippen LogP contribution in [-0.2, 0) is 4.79 Å². The second kappa shape index (κ2) is 6.80. The van der Waals surface area contributed by atoms with Gasteiger partial charge in [-0.25, -0.2) is 9.50 Å². The van der Waals surface area contributed by atoms with Crippen molar-refractivity contribution in [1.29, 1.82) is 0 Å². The molecule has 0 radical (unpaired) electrons. The van der Waals surface area contributed by atoms with Crippen LogP contribution in [-0.4, -0.2) is 40.2 Å². The van der Waals surface area contributed by atoms with Crippen molar-refractivity contribution in [3.05, 3.63) is 42.7 Å². The Morgan fingerprint density at radius 1 is 1.16 bits per heavy atom. The number of nitrogens with one attached hydrogen (secondary N) is 2. The van der Waals surface area contributed by atoms with Crippen LogP contribution in [0.3, 0.4) is 0 Å². The molecule has 0 atom stereocenters. The Bertz CT molecular complexity index is 905. The Morgan fingerprint density at radius 3 is 3.08 bits per heavy atom. The highest BCUT2D eigenvalue weighted by Crippen LogP contribution is 2.27. The van der Waals surface area contributed by atoms with Crippen LogP contribution in [0.4, 0.5) is 5.82 Å². The predicted octanol–water partition coefficient (Wildman–Crippen LogP) is 2.10. The van der Waals surface area contributed by atoms with E-state index in [2.05, 4.69) is 20.7 Å². The number of aromatic nitrogens is 3. The van der Waals surface area contributed by atoms with E-state index in [0.29, 0.717) is 19.0 Å². The third-order valence-corrected chi connectivity index (χ3v) is 4.11. The van der Waals surface area contributed by atoms with E-state index in [-0.39, 0.29) is 12.5 Å². The minimum atomic E-state index is -0.0476. The van der Waals surface area contributed by atoms with Crippen LogP contribution in [0.5, 0.6) is 5.75 Å². The average molecular weight is 337 g/mol. The number of carbonyl (C=O) groups is 1. The van der Waals surface area contributed by atoms with Crippen LogP contribution in [0, 0.1) is 0 Å².